The van der Waals surface area contributed by atoms with Gasteiger partial charge in [0.25, 0.3) is 5.56 Å². The van der Waals surface area contributed by atoms with Gasteiger partial charge in [0.1, 0.15) is 0 Å². The molecule has 0 bridgehead atoms. The Labute approximate surface area is 203 Å². The number of benzene rings is 3. The Morgan fingerprint density at radius 2 is 1.86 bits per heavy atom. The van der Waals surface area contributed by atoms with Gasteiger partial charge in [0.2, 0.25) is 0 Å². The molecular weight excluding hydrogens is 442 g/mol. The van der Waals surface area contributed by atoms with Gasteiger partial charge in [-0.15, -0.1) is 0 Å². The van der Waals surface area contributed by atoms with Crippen LogP contribution in [0.4, 0.5) is 21.9 Å². The van der Waals surface area contributed by atoms with E-state index in [2.05, 4.69) is 15.6 Å². The van der Waals surface area contributed by atoms with Crippen LogP contribution in [0, 0.1) is 13.8 Å². The number of aryl methyl sites for hydroxylation is 3. The van der Waals surface area contributed by atoms with E-state index in [1.54, 1.807) is 7.05 Å². The van der Waals surface area contributed by atoms with E-state index in [1.807, 2.05) is 74.5 Å². The molecule has 2 N–H and O–H groups in total. The predicted octanol–water partition coefficient (Wildman–Crippen LogP) is 5.20. The minimum atomic E-state index is -0.317. The number of amides is 2. The van der Waals surface area contributed by atoms with Crippen molar-refractivity contribution in [2.45, 2.75) is 26.3 Å². The summed E-state index contributed by atoms with van der Waals surface area (Å²) in [5, 5.41) is 8.38. The van der Waals surface area contributed by atoms with E-state index in [4.69, 9.17) is 4.84 Å². The first-order chi connectivity index (χ1) is 16.9. The Balaban J connectivity index is 1.39. The third-order valence-electron chi connectivity index (χ3n) is 6.39. The maximum Gasteiger partial charge on any atom is 0.346 e. The van der Waals surface area contributed by atoms with Gasteiger partial charge in [-0.2, -0.15) is 5.06 Å². The van der Waals surface area contributed by atoms with E-state index < -0.39 is 0 Å². The van der Waals surface area contributed by atoms with E-state index in [1.165, 1.54) is 16.0 Å². The quantitative estimate of drug-likeness (QED) is 0.429. The molecule has 1 aliphatic heterocycles. The molecule has 0 aliphatic carbocycles. The van der Waals surface area contributed by atoms with Gasteiger partial charge < -0.3 is 15.2 Å². The van der Waals surface area contributed by atoms with Gasteiger partial charge in [-0.05, 0) is 54.8 Å². The molecular formula is C27H27N5O3. The fraction of sp³-hybridized carbons (Fsp3) is 0.222. The van der Waals surface area contributed by atoms with Crippen LogP contribution in [0.1, 0.15) is 29.2 Å². The van der Waals surface area contributed by atoms with Gasteiger partial charge >= 0.3 is 6.03 Å². The molecule has 2 amide bonds. The van der Waals surface area contributed by atoms with Crippen molar-refractivity contribution in [2.24, 2.45) is 7.05 Å². The Kier molecular flexibility index (Phi) is 5.96. The molecule has 1 saturated heterocycles. The van der Waals surface area contributed by atoms with Crippen molar-refractivity contribution in [2.75, 3.05) is 17.2 Å². The largest absolute Gasteiger partial charge is 0.355 e. The molecule has 2 heterocycles. The molecule has 1 aromatic heterocycles. The second-order valence-corrected chi connectivity index (χ2v) is 8.75. The number of urea groups is 1. The molecule has 1 aliphatic rings. The number of aromatic nitrogens is 2. The number of hydrogen-bond donors (Lipinski definition) is 2. The van der Waals surface area contributed by atoms with Gasteiger partial charge in [0.05, 0.1) is 29.9 Å². The monoisotopic (exact) mass is 469 g/mol. The zero-order valence-corrected chi connectivity index (χ0v) is 19.9. The highest BCUT2D eigenvalue weighted by Crippen LogP contribution is 2.32. The minimum Gasteiger partial charge on any atom is -0.355 e. The lowest BCUT2D eigenvalue weighted by atomic mass is 10.1. The average molecular weight is 470 g/mol. The number of rotatable bonds is 4. The molecule has 5 rings (SSSR count). The summed E-state index contributed by atoms with van der Waals surface area (Å²) in [5.74, 6) is 0. The van der Waals surface area contributed by atoms with Crippen LogP contribution in [0.2, 0.25) is 0 Å². The SMILES string of the molecule is Cc1ccc(NC(=O)N2OCC[C@@H]2c2ccccc2)cc1Nc1ccc2ncn(C)c(=O)c2c1C. The Morgan fingerprint density at radius 3 is 2.66 bits per heavy atom. The standard InChI is InChI=1S/C27H27N5O3/c1-17-9-10-20(29-27(34)32-24(13-14-35-32)19-7-5-4-6-8-19)15-23(17)30-21-11-12-22-25(18(21)2)26(33)31(3)16-28-22/h4-12,15-16,24,30H,13-14H2,1-3H3,(H,29,34)/t24-/m1/s1. The normalized spacial score (nSPS) is 15.4. The van der Waals surface area contributed by atoms with Crippen LogP contribution in [-0.4, -0.2) is 27.3 Å². The number of hydroxylamine groups is 2. The predicted molar refractivity (Wildman–Crippen MR) is 137 cm³/mol. The summed E-state index contributed by atoms with van der Waals surface area (Å²) in [6.45, 7) is 4.38. The fourth-order valence-corrected chi connectivity index (χ4v) is 4.39. The zero-order valence-electron chi connectivity index (χ0n) is 19.9. The number of carbonyl (C=O) groups is 1. The first-order valence-electron chi connectivity index (χ1n) is 11.5. The van der Waals surface area contributed by atoms with Crippen molar-refractivity contribution in [3.8, 4) is 0 Å². The molecule has 3 aromatic carbocycles. The van der Waals surface area contributed by atoms with Crippen LogP contribution in [0.3, 0.4) is 0 Å². The van der Waals surface area contributed by atoms with E-state index >= 15 is 0 Å². The van der Waals surface area contributed by atoms with Gasteiger partial charge in [-0.1, -0.05) is 36.4 Å². The molecule has 8 heteroatoms. The minimum absolute atomic E-state index is 0.0903. The summed E-state index contributed by atoms with van der Waals surface area (Å²) in [7, 11) is 1.69. The first-order valence-corrected chi connectivity index (χ1v) is 11.5. The summed E-state index contributed by atoms with van der Waals surface area (Å²) < 4.78 is 1.48. The van der Waals surface area contributed by atoms with Crippen LogP contribution in [0.5, 0.6) is 0 Å². The smallest absolute Gasteiger partial charge is 0.346 e. The topological polar surface area (TPSA) is 88.5 Å². The van der Waals surface area contributed by atoms with Crippen LogP contribution in [0.25, 0.3) is 10.9 Å². The van der Waals surface area contributed by atoms with E-state index in [0.717, 1.165) is 34.5 Å². The number of hydrogen-bond acceptors (Lipinski definition) is 5. The van der Waals surface area contributed by atoms with Gasteiger partial charge in [-0.25, -0.2) is 9.78 Å². The second-order valence-electron chi connectivity index (χ2n) is 8.75. The van der Waals surface area contributed by atoms with Gasteiger partial charge in [-0.3, -0.25) is 9.63 Å². The Bertz CT molecular complexity index is 1470. The molecule has 8 nitrogen and oxygen atoms in total. The molecule has 1 fully saturated rings. The van der Waals surface area contributed by atoms with Crippen molar-refractivity contribution < 1.29 is 9.63 Å². The third kappa shape index (κ3) is 4.36. The maximum absolute atomic E-state index is 13.0. The van der Waals surface area contributed by atoms with Crippen LogP contribution < -0.4 is 16.2 Å². The number of nitrogens with zero attached hydrogens (tertiary/aromatic N) is 3. The summed E-state index contributed by atoms with van der Waals surface area (Å²) in [6, 6.07) is 18.9. The molecule has 0 unspecified atom stereocenters. The second kappa shape index (κ2) is 9.23. The number of carbonyl (C=O) groups excluding carboxylic acids is 1. The van der Waals surface area contributed by atoms with Crippen LogP contribution in [-0.2, 0) is 11.9 Å². The average Bonchev–Trinajstić information content (AvgIpc) is 3.36. The number of nitrogens with one attached hydrogen (secondary N) is 2. The summed E-state index contributed by atoms with van der Waals surface area (Å²) in [4.78, 5) is 35.7. The van der Waals surface area contributed by atoms with Gasteiger partial charge in [0, 0.05) is 30.5 Å². The summed E-state index contributed by atoms with van der Waals surface area (Å²) in [6.07, 6.45) is 2.27. The Hall–Kier alpha value is -4.17. The van der Waals surface area contributed by atoms with E-state index in [0.29, 0.717) is 23.2 Å². The molecule has 4 aromatic rings. The third-order valence-corrected chi connectivity index (χ3v) is 6.39. The first kappa shape index (κ1) is 22.6. The van der Waals surface area contributed by atoms with Crippen molar-refractivity contribution in [3.63, 3.8) is 0 Å². The molecule has 178 valence electrons. The molecule has 0 spiro atoms. The lowest BCUT2D eigenvalue weighted by Crippen LogP contribution is -2.33. The number of anilines is 3. The Morgan fingerprint density at radius 1 is 1.06 bits per heavy atom. The van der Waals surface area contributed by atoms with Crippen molar-refractivity contribution >= 4 is 34.0 Å². The lowest BCUT2D eigenvalue weighted by molar-refractivity contribution is -0.0829. The highest BCUT2D eigenvalue weighted by atomic mass is 16.7. The molecule has 0 saturated carbocycles. The van der Waals surface area contributed by atoms with Crippen molar-refractivity contribution in [1.82, 2.24) is 14.6 Å². The number of fused-ring (bicyclic) bond motifs is 1. The lowest BCUT2D eigenvalue weighted by Gasteiger charge is -2.23. The van der Waals surface area contributed by atoms with Crippen molar-refractivity contribution in [1.29, 1.82) is 0 Å². The zero-order chi connectivity index (χ0) is 24.5. The maximum atomic E-state index is 13.0. The van der Waals surface area contributed by atoms with Gasteiger partial charge in [0.15, 0.2) is 0 Å². The molecule has 1 atom stereocenters. The summed E-state index contributed by atoms with van der Waals surface area (Å²) >= 11 is 0. The van der Waals surface area contributed by atoms with Crippen LogP contribution >= 0.6 is 0 Å². The highest BCUT2D eigenvalue weighted by Gasteiger charge is 2.31. The molecule has 0 radical (unpaired) electrons. The fourth-order valence-electron chi connectivity index (χ4n) is 4.39. The van der Waals surface area contributed by atoms with Crippen molar-refractivity contribution in [3.05, 3.63) is 94.0 Å². The highest BCUT2D eigenvalue weighted by molar-refractivity contribution is 5.91. The molecule has 35 heavy (non-hydrogen) atoms. The van der Waals surface area contributed by atoms with E-state index in [-0.39, 0.29) is 17.6 Å². The van der Waals surface area contributed by atoms with Crippen LogP contribution in [0.15, 0.2) is 71.8 Å². The summed E-state index contributed by atoms with van der Waals surface area (Å²) in [5.41, 5.74) is 5.71. The van der Waals surface area contributed by atoms with E-state index in [9.17, 15) is 9.59 Å².